The number of ether oxygens (including phenoxy) is 1. The van der Waals surface area contributed by atoms with Crippen molar-refractivity contribution < 1.29 is 23.9 Å². The molecule has 0 aliphatic carbocycles. The zero-order valence-corrected chi connectivity index (χ0v) is 20.5. The number of fused-ring (bicyclic) bond motifs is 5. The van der Waals surface area contributed by atoms with Gasteiger partial charge in [0.2, 0.25) is 11.8 Å². The number of rotatable bonds is 4. The van der Waals surface area contributed by atoms with E-state index >= 15 is 0 Å². The van der Waals surface area contributed by atoms with Crippen LogP contribution in [0, 0.1) is 11.8 Å². The fraction of sp³-hybridized carbons (Fsp3) is 0.172. The van der Waals surface area contributed by atoms with Crippen LogP contribution in [0.1, 0.15) is 22.8 Å². The Bertz CT molecular complexity index is 1480. The number of halogens is 1. The highest BCUT2D eigenvalue weighted by Gasteiger charge is 2.64. The molecule has 2 fully saturated rings. The molecule has 8 heteroatoms. The molecule has 3 aliphatic heterocycles. The third kappa shape index (κ3) is 3.57. The number of carbonyl (C=O) groups is 4. The van der Waals surface area contributed by atoms with Gasteiger partial charge in [-0.1, -0.05) is 66.2 Å². The first kappa shape index (κ1) is 23.2. The SMILES string of the molecule is CC(=O)Oc1cccc2c1N1C(C=C2)C2C(=O)N(c3ccc(Cl)cc3)C(=O)C2C1C(=O)c1ccccc1. The Morgan fingerprint density at radius 2 is 1.57 bits per heavy atom. The fourth-order valence-corrected chi connectivity index (χ4v) is 5.86. The molecular weight excluding hydrogens is 492 g/mol. The fourth-order valence-electron chi connectivity index (χ4n) is 5.73. The lowest BCUT2D eigenvalue weighted by Gasteiger charge is -2.37. The van der Waals surface area contributed by atoms with Crippen molar-refractivity contribution in [3.8, 4) is 5.75 Å². The van der Waals surface area contributed by atoms with Gasteiger partial charge < -0.3 is 9.64 Å². The molecule has 0 spiro atoms. The van der Waals surface area contributed by atoms with Gasteiger partial charge in [-0.2, -0.15) is 0 Å². The number of amides is 2. The van der Waals surface area contributed by atoms with E-state index in [2.05, 4.69) is 0 Å². The molecule has 2 amide bonds. The van der Waals surface area contributed by atoms with E-state index in [9.17, 15) is 19.2 Å². The van der Waals surface area contributed by atoms with Crippen molar-refractivity contribution in [1.29, 1.82) is 0 Å². The highest BCUT2D eigenvalue weighted by Crippen LogP contribution is 2.52. The number of hydrogen-bond donors (Lipinski definition) is 0. The van der Waals surface area contributed by atoms with Crippen LogP contribution in [0.15, 0.2) is 78.9 Å². The molecule has 0 bridgehead atoms. The molecule has 7 nitrogen and oxygen atoms in total. The Morgan fingerprint density at radius 3 is 2.27 bits per heavy atom. The van der Waals surface area contributed by atoms with E-state index in [1.807, 2.05) is 18.2 Å². The van der Waals surface area contributed by atoms with Crippen LogP contribution >= 0.6 is 11.6 Å². The molecule has 3 aliphatic rings. The zero-order valence-electron chi connectivity index (χ0n) is 19.7. The van der Waals surface area contributed by atoms with Crippen LogP contribution in [0.3, 0.4) is 0 Å². The molecule has 3 aromatic rings. The third-order valence-corrected chi connectivity index (χ3v) is 7.41. The van der Waals surface area contributed by atoms with Gasteiger partial charge in [-0.05, 0) is 30.3 Å². The number of ketones is 1. The maximum absolute atomic E-state index is 14.1. The maximum atomic E-state index is 14.1. The van der Waals surface area contributed by atoms with Gasteiger partial charge in [-0.15, -0.1) is 0 Å². The van der Waals surface area contributed by atoms with Crippen LogP contribution in [0.25, 0.3) is 6.08 Å². The average Bonchev–Trinajstić information content (AvgIpc) is 3.37. The summed E-state index contributed by atoms with van der Waals surface area (Å²) in [6, 6.07) is 18.9. The Labute approximate surface area is 217 Å². The Hall–Kier alpha value is -4.23. The topological polar surface area (TPSA) is 84.0 Å². The van der Waals surface area contributed by atoms with Crippen LogP contribution in [0.2, 0.25) is 5.02 Å². The van der Waals surface area contributed by atoms with Gasteiger partial charge in [0.1, 0.15) is 6.04 Å². The second-order valence-corrected chi connectivity index (χ2v) is 9.70. The van der Waals surface area contributed by atoms with Gasteiger partial charge in [-0.25, -0.2) is 4.90 Å². The molecule has 4 atom stereocenters. The summed E-state index contributed by atoms with van der Waals surface area (Å²) < 4.78 is 5.51. The Kier molecular flexibility index (Phi) is 5.46. The molecule has 4 unspecified atom stereocenters. The van der Waals surface area contributed by atoms with E-state index in [4.69, 9.17) is 16.3 Å². The number of imide groups is 1. The Balaban J connectivity index is 1.52. The van der Waals surface area contributed by atoms with E-state index in [0.717, 1.165) is 10.5 Å². The number of benzene rings is 3. The summed E-state index contributed by atoms with van der Waals surface area (Å²) in [7, 11) is 0. The molecule has 3 aromatic carbocycles. The van der Waals surface area contributed by atoms with Crippen LogP contribution < -0.4 is 14.5 Å². The second-order valence-electron chi connectivity index (χ2n) is 9.26. The molecule has 0 aromatic heterocycles. The monoisotopic (exact) mass is 512 g/mol. The lowest BCUT2D eigenvalue weighted by molar-refractivity contribution is -0.132. The smallest absolute Gasteiger partial charge is 0.308 e. The number of para-hydroxylation sites is 1. The van der Waals surface area contributed by atoms with Gasteiger partial charge in [0, 0.05) is 23.1 Å². The zero-order chi connectivity index (χ0) is 25.8. The van der Waals surface area contributed by atoms with Gasteiger partial charge in [0.25, 0.3) is 0 Å². The minimum absolute atomic E-state index is 0.277. The van der Waals surface area contributed by atoms with E-state index in [-0.39, 0.29) is 17.4 Å². The predicted molar refractivity (Wildman–Crippen MR) is 139 cm³/mol. The molecule has 0 radical (unpaired) electrons. The van der Waals surface area contributed by atoms with E-state index in [1.165, 1.54) is 6.92 Å². The summed E-state index contributed by atoms with van der Waals surface area (Å²) in [5.41, 5.74) is 2.09. The number of esters is 1. The molecular formula is C29H21ClN2O5. The molecule has 6 rings (SSSR count). The summed E-state index contributed by atoms with van der Waals surface area (Å²) >= 11 is 6.02. The number of Topliss-reactive ketones (excluding diaryl/α,β-unsaturated/α-hetero) is 1. The lowest BCUT2D eigenvalue weighted by Crippen LogP contribution is -2.49. The standard InChI is InChI=1S/C29H21ClN2O5/c1-16(33)37-22-9-5-8-17-10-15-21-23-24(29(36)31(28(23)35)20-13-11-19(30)12-14-20)26(32(21)25(17)22)27(34)18-6-3-2-4-7-18/h2-15,21,23-24,26H,1H3. The van der Waals surface area contributed by atoms with Gasteiger partial charge >= 0.3 is 5.97 Å². The number of carbonyl (C=O) groups excluding carboxylic acids is 4. The summed E-state index contributed by atoms with van der Waals surface area (Å²) in [6.45, 7) is 1.30. The summed E-state index contributed by atoms with van der Waals surface area (Å²) in [5.74, 6) is -3.06. The van der Waals surface area contributed by atoms with Crippen molar-refractivity contribution in [1.82, 2.24) is 0 Å². The highest BCUT2D eigenvalue weighted by molar-refractivity contribution is 6.31. The van der Waals surface area contributed by atoms with Gasteiger partial charge in [0.05, 0.1) is 29.3 Å². The third-order valence-electron chi connectivity index (χ3n) is 7.15. The molecule has 0 saturated carbocycles. The predicted octanol–water partition coefficient (Wildman–Crippen LogP) is 4.54. The van der Waals surface area contributed by atoms with Crippen molar-refractivity contribution in [3.05, 3.63) is 95.0 Å². The van der Waals surface area contributed by atoms with Crippen LogP contribution in [-0.2, 0) is 14.4 Å². The first-order chi connectivity index (χ1) is 17.9. The van der Waals surface area contributed by atoms with Crippen LogP contribution in [-0.4, -0.2) is 35.7 Å². The van der Waals surface area contributed by atoms with Gasteiger partial charge in [0.15, 0.2) is 11.5 Å². The first-order valence-electron chi connectivity index (χ1n) is 11.9. The van der Waals surface area contributed by atoms with E-state index in [0.29, 0.717) is 22.0 Å². The molecule has 184 valence electrons. The summed E-state index contributed by atoms with van der Waals surface area (Å²) in [4.78, 5) is 56.7. The van der Waals surface area contributed by atoms with Crippen molar-refractivity contribution in [2.45, 2.75) is 19.0 Å². The van der Waals surface area contributed by atoms with Crippen molar-refractivity contribution >= 4 is 52.6 Å². The van der Waals surface area contributed by atoms with Crippen molar-refractivity contribution in [3.63, 3.8) is 0 Å². The second kappa shape index (κ2) is 8.71. The number of hydrogen-bond acceptors (Lipinski definition) is 6. The summed E-state index contributed by atoms with van der Waals surface area (Å²) in [5, 5.41) is 0.483. The molecule has 0 N–H and O–H groups in total. The Morgan fingerprint density at radius 1 is 0.865 bits per heavy atom. The average molecular weight is 513 g/mol. The molecule has 37 heavy (non-hydrogen) atoms. The quantitative estimate of drug-likeness (QED) is 0.221. The number of nitrogens with zero attached hydrogens (tertiary/aromatic N) is 2. The minimum atomic E-state index is -0.980. The van der Waals surface area contributed by atoms with E-state index in [1.54, 1.807) is 71.6 Å². The van der Waals surface area contributed by atoms with Crippen molar-refractivity contribution in [2.24, 2.45) is 11.8 Å². The van der Waals surface area contributed by atoms with Crippen LogP contribution in [0.5, 0.6) is 5.75 Å². The van der Waals surface area contributed by atoms with E-state index < -0.39 is 35.8 Å². The van der Waals surface area contributed by atoms with Crippen molar-refractivity contribution in [2.75, 3.05) is 9.80 Å². The first-order valence-corrected chi connectivity index (χ1v) is 12.2. The minimum Gasteiger partial charge on any atom is -0.424 e. The molecule has 3 heterocycles. The number of anilines is 2. The summed E-state index contributed by atoms with van der Waals surface area (Å²) in [6.07, 6.45) is 3.70. The maximum Gasteiger partial charge on any atom is 0.308 e. The normalized spacial score (nSPS) is 23.5. The highest BCUT2D eigenvalue weighted by atomic mass is 35.5. The lowest BCUT2D eigenvalue weighted by atomic mass is 9.86. The van der Waals surface area contributed by atoms with Crippen LogP contribution in [0.4, 0.5) is 11.4 Å². The molecule has 2 saturated heterocycles. The van der Waals surface area contributed by atoms with Gasteiger partial charge in [-0.3, -0.25) is 19.2 Å². The largest absolute Gasteiger partial charge is 0.424 e.